The van der Waals surface area contributed by atoms with Crippen molar-refractivity contribution in [3.05, 3.63) is 0 Å². The molecule has 0 N–H and O–H groups in total. The van der Waals surface area contributed by atoms with Crippen molar-refractivity contribution in [1.82, 2.24) is 0 Å². The Bertz CT molecular complexity index is 20.5. The van der Waals surface area contributed by atoms with Gasteiger partial charge in [-0.15, -0.1) is 0 Å². The number of hydrogen-bond donors (Lipinski definition) is 0. The standard InChI is InChI=1S/3CH2O2.2Tb/c3*2-1-3;;/h3*1H2;;/q3*-2;2*+3. The van der Waals surface area contributed by atoms with Gasteiger partial charge in [0.05, 0.1) is 0 Å². The van der Waals surface area contributed by atoms with Crippen LogP contribution in [0.1, 0.15) is 0 Å². The molecule has 0 aromatic heterocycles. The first-order valence-corrected chi connectivity index (χ1v) is 1.73. The fraction of sp³-hybridized carbons (Fsp3) is 1.00. The van der Waals surface area contributed by atoms with Crippen molar-refractivity contribution < 1.29 is 108 Å². The molecular weight excluding hydrogens is 450 g/mol. The minimum absolute atomic E-state index is 0. The topological polar surface area (TPSA) is 138 Å². The van der Waals surface area contributed by atoms with E-state index in [4.69, 9.17) is 30.6 Å². The molecule has 0 radical (unpaired) electrons. The molecule has 0 aliphatic carbocycles. The summed E-state index contributed by atoms with van der Waals surface area (Å²) in [5.74, 6) is 0. The van der Waals surface area contributed by atoms with E-state index in [9.17, 15) is 0 Å². The summed E-state index contributed by atoms with van der Waals surface area (Å²) >= 11 is 0. The molecule has 0 bridgehead atoms. The van der Waals surface area contributed by atoms with E-state index >= 15 is 0 Å². The van der Waals surface area contributed by atoms with Crippen LogP contribution in [-0.2, 0) is 0 Å². The van der Waals surface area contributed by atoms with Crippen LogP contribution in [0, 0.1) is 77.2 Å². The zero-order chi connectivity index (χ0) is 8.12. The van der Waals surface area contributed by atoms with Crippen LogP contribution in [0.3, 0.4) is 0 Å². The van der Waals surface area contributed by atoms with Gasteiger partial charge in [0.25, 0.3) is 0 Å². The second-order valence-corrected chi connectivity index (χ2v) is 0.354. The smallest absolute Gasteiger partial charge is 0.868 e. The maximum absolute atomic E-state index is 8.38. The van der Waals surface area contributed by atoms with Crippen LogP contribution in [0.2, 0.25) is 0 Å². The zero-order valence-electron chi connectivity index (χ0n) is 5.24. The maximum Gasteiger partial charge on any atom is 3.00 e. The molecule has 0 amide bonds. The van der Waals surface area contributed by atoms with Crippen LogP contribution >= 0.6 is 0 Å². The molecule has 0 spiro atoms. The summed E-state index contributed by atoms with van der Waals surface area (Å²) in [6.45, 7) is -3.75. The number of rotatable bonds is 0. The maximum atomic E-state index is 8.38. The summed E-state index contributed by atoms with van der Waals surface area (Å²) in [5.41, 5.74) is 0. The van der Waals surface area contributed by atoms with Crippen LogP contribution in [0.15, 0.2) is 0 Å². The largest absolute Gasteiger partial charge is 3.00 e. The normalized spacial score (nSPS) is 4.91. The fourth-order valence-corrected chi connectivity index (χ4v) is 0. The molecule has 6 nitrogen and oxygen atoms in total. The van der Waals surface area contributed by atoms with Crippen molar-refractivity contribution in [1.29, 1.82) is 0 Å². The molecule has 0 aliphatic rings. The van der Waals surface area contributed by atoms with Crippen molar-refractivity contribution >= 4 is 0 Å². The van der Waals surface area contributed by atoms with Gasteiger partial charge in [0.2, 0.25) is 0 Å². The molecule has 72 valence electrons. The van der Waals surface area contributed by atoms with E-state index in [1.165, 1.54) is 0 Å². The Morgan fingerprint density at radius 2 is 0.455 bits per heavy atom. The molecule has 0 aromatic carbocycles. The van der Waals surface area contributed by atoms with Crippen LogP contribution < -0.4 is 30.6 Å². The van der Waals surface area contributed by atoms with Crippen LogP contribution in [0.4, 0.5) is 0 Å². The van der Waals surface area contributed by atoms with Crippen LogP contribution in [0.25, 0.3) is 0 Å². The molecule has 0 saturated heterocycles. The van der Waals surface area contributed by atoms with Crippen molar-refractivity contribution in [3.8, 4) is 0 Å². The average Bonchev–Trinajstić information content (AvgIpc) is 1.70. The van der Waals surface area contributed by atoms with E-state index in [1.807, 2.05) is 0 Å². The molecule has 8 heteroatoms. The predicted octanol–water partition coefficient (Wildman–Crippen LogP) is -7.01. The van der Waals surface area contributed by atoms with Crippen LogP contribution in [-0.4, -0.2) is 20.4 Å². The molecule has 0 fully saturated rings. The summed E-state index contributed by atoms with van der Waals surface area (Å²) in [4.78, 5) is 0. The minimum atomic E-state index is -1.25. The minimum Gasteiger partial charge on any atom is -0.868 e. The van der Waals surface area contributed by atoms with Gasteiger partial charge >= 0.3 is 77.2 Å². The van der Waals surface area contributed by atoms with E-state index in [0.29, 0.717) is 0 Å². The van der Waals surface area contributed by atoms with Gasteiger partial charge in [0.1, 0.15) is 0 Å². The summed E-state index contributed by atoms with van der Waals surface area (Å²) in [6.07, 6.45) is 0. The molecular formula is C3H6O6Tb2. The van der Waals surface area contributed by atoms with Gasteiger partial charge < -0.3 is 30.6 Å². The summed E-state index contributed by atoms with van der Waals surface area (Å²) in [5, 5.41) is 50.2. The number of hydrogen-bond acceptors (Lipinski definition) is 6. The van der Waals surface area contributed by atoms with Crippen molar-refractivity contribution in [2.45, 2.75) is 0 Å². The second kappa shape index (κ2) is 55.7. The zero-order valence-corrected chi connectivity index (χ0v) is 9.51. The monoisotopic (exact) mass is 456 g/mol. The summed E-state index contributed by atoms with van der Waals surface area (Å²) < 4.78 is 0. The molecule has 0 unspecified atom stereocenters. The Labute approximate surface area is 126 Å². The van der Waals surface area contributed by atoms with Gasteiger partial charge in [-0.05, 0) is 0 Å². The van der Waals surface area contributed by atoms with E-state index < -0.39 is 20.4 Å². The van der Waals surface area contributed by atoms with Crippen molar-refractivity contribution in [2.24, 2.45) is 0 Å². The van der Waals surface area contributed by atoms with Gasteiger partial charge in [-0.1, -0.05) is 0 Å². The summed E-state index contributed by atoms with van der Waals surface area (Å²) in [6, 6.07) is 0. The third kappa shape index (κ3) is 242. The van der Waals surface area contributed by atoms with Crippen molar-refractivity contribution in [3.63, 3.8) is 0 Å². The molecule has 0 saturated carbocycles. The third-order valence-corrected chi connectivity index (χ3v) is 0. The quantitative estimate of drug-likeness (QED) is 0.333. The first kappa shape index (κ1) is 29.2. The first-order valence-electron chi connectivity index (χ1n) is 1.73. The molecule has 0 aromatic rings. The Morgan fingerprint density at radius 3 is 0.455 bits per heavy atom. The Hall–Kier alpha value is 2.33. The van der Waals surface area contributed by atoms with Gasteiger partial charge in [0, 0.05) is 0 Å². The van der Waals surface area contributed by atoms with Crippen LogP contribution in [0.5, 0.6) is 0 Å². The van der Waals surface area contributed by atoms with E-state index in [2.05, 4.69) is 0 Å². The Morgan fingerprint density at radius 1 is 0.455 bits per heavy atom. The summed E-state index contributed by atoms with van der Waals surface area (Å²) in [7, 11) is 0. The predicted molar refractivity (Wildman–Crippen MR) is 14.6 cm³/mol. The average molecular weight is 456 g/mol. The van der Waals surface area contributed by atoms with E-state index in [1.54, 1.807) is 0 Å². The first-order chi connectivity index (χ1) is 4.24. The van der Waals surface area contributed by atoms with E-state index in [0.717, 1.165) is 0 Å². The van der Waals surface area contributed by atoms with Crippen molar-refractivity contribution in [2.75, 3.05) is 20.4 Å². The van der Waals surface area contributed by atoms with Gasteiger partial charge in [-0.2, -0.15) is 0 Å². The van der Waals surface area contributed by atoms with Gasteiger partial charge in [-0.25, -0.2) is 20.4 Å². The molecule has 0 heterocycles. The molecule has 0 aliphatic heterocycles. The SMILES string of the molecule is [O-]C[O-].[O-]C[O-].[O-]C[O-].[Tb+3].[Tb+3]. The molecule has 0 rings (SSSR count). The van der Waals surface area contributed by atoms with E-state index in [-0.39, 0.29) is 77.2 Å². The molecule has 0 atom stereocenters. The van der Waals surface area contributed by atoms with Gasteiger partial charge in [0.15, 0.2) is 0 Å². The Kier molecular flexibility index (Phi) is 148. The Balaban J connectivity index is -0.0000000150. The van der Waals surface area contributed by atoms with Gasteiger partial charge in [-0.3, -0.25) is 0 Å². The second-order valence-electron chi connectivity index (χ2n) is 0.354. The molecule has 11 heavy (non-hydrogen) atoms. The fourth-order valence-electron chi connectivity index (χ4n) is 0. The third-order valence-electron chi connectivity index (χ3n) is 0.